The van der Waals surface area contributed by atoms with Gasteiger partial charge in [-0.2, -0.15) is 0 Å². The number of para-hydroxylation sites is 1. The minimum atomic E-state index is 0.217. The smallest absolute Gasteiger partial charge is 0.0705 e. The molecule has 2 rings (SSSR count). The molecule has 0 aliphatic rings. The standard InChI is InChI=1S/C13H15NO/c1-10(9-15)8-12-7-6-11-4-2-3-5-13(11)14-12/h2-7,10,15H,8-9H2,1H3/t10-/m1/s1. The molecule has 0 spiro atoms. The van der Waals surface area contributed by atoms with Gasteiger partial charge in [0, 0.05) is 17.7 Å². The Kier molecular flexibility index (Phi) is 2.97. The number of benzene rings is 1. The molecule has 2 heteroatoms. The molecule has 0 aliphatic carbocycles. The lowest BCUT2D eigenvalue weighted by molar-refractivity contribution is 0.236. The van der Waals surface area contributed by atoms with Crippen molar-refractivity contribution in [2.24, 2.45) is 5.92 Å². The van der Waals surface area contributed by atoms with E-state index in [9.17, 15) is 0 Å². The Morgan fingerprint density at radius 1 is 1.20 bits per heavy atom. The molecule has 15 heavy (non-hydrogen) atoms. The number of rotatable bonds is 3. The third-order valence-electron chi connectivity index (χ3n) is 2.53. The van der Waals surface area contributed by atoms with Gasteiger partial charge in [-0.15, -0.1) is 0 Å². The van der Waals surface area contributed by atoms with Crippen molar-refractivity contribution in [2.75, 3.05) is 6.61 Å². The van der Waals surface area contributed by atoms with Crippen LogP contribution in [-0.4, -0.2) is 16.7 Å². The lowest BCUT2D eigenvalue weighted by Gasteiger charge is -2.07. The molecule has 78 valence electrons. The maximum atomic E-state index is 8.98. The van der Waals surface area contributed by atoms with Gasteiger partial charge in [-0.05, 0) is 24.5 Å². The Bertz CT molecular complexity index is 453. The molecule has 0 fully saturated rings. The van der Waals surface area contributed by atoms with Gasteiger partial charge in [-0.1, -0.05) is 31.2 Å². The summed E-state index contributed by atoms with van der Waals surface area (Å²) in [7, 11) is 0. The van der Waals surface area contributed by atoms with Crippen LogP contribution < -0.4 is 0 Å². The van der Waals surface area contributed by atoms with E-state index in [1.54, 1.807) is 0 Å². The van der Waals surface area contributed by atoms with Crippen molar-refractivity contribution in [1.29, 1.82) is 0 Å². The first-order chi connectivity index (χ1) is 7.29. The number of aliphatic hydroxyl groups is 1. The molecule has 0 amide bonds. The van der Waals surface area contributed by atoms with Crippen molar-refractivity contribution in [2.45, 2.75) is 13.3 Å². The summed E-state index contributed by atoms with van der Waals surface area (Å²) in [6.07, 6.45) is 0.835. The number of hydrogen-bond donors (Lipinski definition) is 1. The predicted octanol–water partition coefficient (Wildman–Crippen LogP) is 2.41. The fourth-order valence-electron chi connectivity index (χ4n) is 1.64. The molecular formula is C13H15NO. The van der Waals surface area contributed by atoms with Crippen molar-refractivity contribution >= 4 is 10.9 Å². The van der Waals surface area contributed by atoms with Crippen LogP contribution in [0.5, 0.6) is 0 Å². The highest BCUT2D eigenvalue weighted by molar-refractivity contribution is 5.78. The molecule has 0 aliphatic heterocycles. The molecule has 2 aromatic rings. The third-order valence-corrected chi connectivity index (χ3v) is 2.53. The molecule has 1 atom stereocenters. The molecule has 1 aromatic carbocycles. The molecule has 1 aromatic heterocycles. The van der Waals surface area contributed by atoms with E-state index in [0.717, 1.165) is 23.0 Å². The summed E-state index contributed by atoms with van der Waals surface area (Å²) in [6.45, 7) is 2.24. The lowest BCUT2D eigenvalue weighted by atomic mass is 10.1. The van der Waals surface area contributed by atoms with E-state index < -0.39 is 0 Å². The largest absolute Gasteiger partial charge is 0.396 e. The van der Waals surface area contributed by atoms with E-state index in [1.165, 1.54) is 0 Å². The van der Waals surface area contributed by atoms with Crippen molar-refractivity contribution in [1.82, 2.24) is 4.98 Å². The van der Waals surface area contributed by atoms with Gasteiger partial charge >= 0.3 is 0 Å². The monoisotopic (exact) mass is 201 g/mol. The number of pyridine rings is 1. The van der Waals surface area contributed by atoms with Gasteiger partial charge in [-0.3, -0.25) is 4.98 Å². The maximum absolute atomic E-state index is 8.98. The zero-order chi connectivity index (χ0) is 10.7. The average molecular weight is 201 g/mol. The van der Waals surface area contributed by atoms with E-state index >= 15 is 0 Å². The summed E-state index contributed by atoms with van der Waals surface area (Å²) in [4.78, 5) is 4.55. The molecule has 0 radical (unpaired) electrons. The van der Waals surface area contributed by atoms with Crippen LogP contribution in [0.2, 0.25) is 0 Å². The van der Waals surface area contributed by atoms with Gasteiger partial charge in [0.25, 0.3) is 0 Å². The first-order valence-electron chi connectivity index (χ1n) is 5.25. The Labute approximate surface area is 89.6 Å². The number of aromatic nitrogens is 1. The van der Waals surface area contributed by atoms with E-state index in [0.29, 0.717) is 0 Å². The first kappa shape index (κ1) is 10.1. The van der Waals surface area contributed by atoms with Crippen molar-refractivity contribution in [3.63, 3.8) is 0 Å². The Hall–Kier alpha value is -1.41. The number of hydrogen-bond acceptors (Lipinski definition) is 2. The van der Waals surface area contributed by atoms with Crippen molar-refractivity contribution in [3.8, 4) is 0 Å². The lowest BCUT2D eigenvalue weighted by Crippen LogP contribution is -2.05. The molecule has 0 bridgehead atoms. The predicted molar refractivity (Wildman–Crippen MR) is 61.7 cm³/mol. The summed E-state index contributed by atoms with van der Waals surface area (Å²) in [5.41, 5.74) is 2.08. The second kappa shape index (κ2) is 4.41. The Morgan fingerprint density at radius 2 is 2.00 bits per heavy atom. The minimum absolute atomic E-state index is 0.217. The van der Waals surface area contributed by atoms with Crippen molar-refractivity contribution < 1.29 is 5.11 Å². The molecule has 1 N–H and O–H groups in total. The SMILES string of the molecule is C[C@@H](CO)Cc1ccc2ccccc2n1. The zero-order valence-electron chi connectivity index (χ0n) is 8.85. The normalized spacial score (nSPS) is 12.9. The fourth-order valence-corrected chi connectivity index (χ4v) is 1.64. The highest BCUT2D eigenvalue weighted by Gasteiger charge is 2.03. The van der Waals surface area contributed by atoms with E-state index in [1.807, 2.05) is 31.2 Å². The molecule has 2 nitrogen and oxygen atoms in total. The quantitative estimate of drug-likeness (QED) is 0.827. The topological polar surface area (TPSA) is 33.1 Å². The molecule has 0 unspecified atom stereocenters. The zero-order valence-corrected chi connectivity index (χ0v) is 8.85. The number of fused-ring (bicyclic) bond motifs is 1. The first-order valence-corrected chi connectivity index (χ1v) is 5.25. The molecular weight excluding hydrogens is 186 g/mol. The maximum Gasteiger partial charge on any atom is 0.0705 e. The van der Waals surface area contributed by atoms with Crippen LogP contribution in [0.3, 0.4) is 0 Å². The highest BCUT2D eigenvalue weighted by atomic mass is 16.3. The van der Waals surface area contributed by atoms with E-state index in [2.05, 4.69) is 17.1 Å². The Balaban J connectivity index is 2.30. The number of nitrogens with zero attached hydrogens (tertiary/aromatic N) is 1. The van der Waals surface area contributed by atoms with Gasteiger partial charge < -0.3 is 5.11 Å². The Morgan fingerprint density at radius 3 is 2.80 bits per heavy atom. The summed E-state index contributed by atoms with van der Waals surface area (Å²) < 4.78 is 0. The van der Waals surface area contributed by atoms with Crippen LogP contribution in [0.25, 0.3) is 10.9 Å². The van der Waals surface area contributed by atoms with Crippen LogP contribution in [0.15, 0.2) is 36.4 Å². The summed E-state index contributed by atoms with van der Waals surface area (Å²) in [5, 5.41) is 10.1. The highest BCUT2D eigenvalue weighted by Crippen LogP contribution is 2.13. The minimum Gasteiger partial charge on any atom is -0.396 e. The molecule has 0 saturated heterocycles. The third kappa shape index (κ3) is 2.34. The van der Waals surface area contributed by atoms with Crippen LogP contribution in [0, 0.1) is 5.92 Å². The van der Waals surface area contributed by atoms with Crippen molar-refractivity contribution in [3.05, 3.63) is 42.1 Å². The fraction of sp³-hybridized carbons (Fsp3) is 0.308. The molecule has 1 heterocycles. The summed E-state index contributed by atoms with van der Waals surface area (Å²) in [6, 6.07) is 12.2. The second-order valence-electron chi connectivity index (χ2n) is 3.99. The summed E-state index contributed by atoms with van der Waals surface area (Å²) in [5.74, 6) is 0.277. The molecule has 0 saturated carbocycles. The van der Waals surface area contributed by atoms with Gasteiger partial charge in [0.2, 0.25) is 0 Å². The van der Waals surface area contributed by atoms with Gasteiger partial charge in [-0.25, -0.2) is 0 Å². The van der Waals surface area contributed by atoms with E-state index in [-0.39, 0.29) is 12.5 Å². The number of aliphatic hydroxyl groups excluding tert-OH is 1. The van der Waals surface area contributed by atoms with Crippen LogP contribution in [0.4, 0.5) is 0 Å². The van der Waals surface area contributed by atoms with Crippen LogP contribution in [-0.2, 0) is 6.42 Å². The van der Waals surface area contributed by atoms with Crippen LogP contribution in [0.1, 0.15) is 12.6 Å². The van der Waals surface area contributed by atoms with Gasteiger partial charge in [0.15, 0.2) is 0 Å². The second-order valence-corrected chi connectivity index (χ2v) is 3.99. The van der Waals surface area contributed by atoms with Gasteiger partial charge in [0.05, 0.1) is 5.52 Å². The summed E-state index contributed by atoms with van der Waals surface area (Å²) >= 11 is 0. The average Bonchev–Trinajstić information content (AvgIpc) is 2.29. The van der Waals surface area contributed by atoms with E-state index in [4.69, 9.17) is 5.11 Å². The van der Waals surface area contributed by atoms with Crippen LogP contribution >= 0.6 is 0 Å². The van der Waals surface area contributed by atoms with Gasteiger partial charge in [0.1, 0.15) is 0 Å².